The van der Waals surface area contributed by atoms with Gasteiger partial charge in [0.05, 0.1) is 11.6 Å². The van der Waals surface area contributed by atoms with Gasteiger partial charge in [0.1, 0.15) is 11.6 Å². The summed E-state index contributed by atoms with van der Waals surface area (Å²) in [4.78, 5) is 0. The minimum Gasteiger partial charge on any atom is -0.374 e. The zero-order valence-corrected chi connectivity index (χ0v) is 10.5. The summed E-state index contributed by atoms with van der Waals surface area (Å²) in [6.07, 6.45) is 0.579. The Hall–Kier alpha value is -1.00. The highest BCUT2D eigenvalue weighted by atomic mass is 19.1. The lowest BCUT2D eigenvalue weighted by atomic mass is 9.88. The highest BCUT2D eigenvalue weighted by Crippen LogP contribution is 2.32. The number of nitrogens with two attached hydrogens (primary N) is 1. The average molecular weight is 243 g/mol. The van der Waals surface area contributed by atoms with Crippen molar-refractivity contribution in [2.45, 2.75) is 38.8 Å². The Bertz CT molecular complexity index is 363. The molecule has 0 fully saturated rings. The van der Waals surface area contributed by atoms with Gasteiger partial charge in [-0.15, -0.1) is 0 Å². The van der Waals surface area contributed by atoms with E-state index in [2.05, 4.69) is 0 Å². The van der Waals surface area contributed by atoms with Gasteiger partial charge in [-0.25, -0.2) is 8.78 Å². The maximum Gasteiger partial charge on any atom is 0.131 e. The normalized spacial score (nSPS) is 16.6. The highest BCUT2D eigenvalue weighted by Gasteiger charge is 2.35. The molecule has 1 aromatic rings. The molecule has 2 atom stereocenters. The van der Waals surface area contributed by atoms with Crippen LogP contribution in [0.15, 0.2) is 18.2 Å². The molecule has 17 heavy (non-hydrogen) atoms. The maximum atomic E-state index is 13.6. The van der Waals surface area contributed by atoms with Crippen LogP contribution in [-0.4, -0.2) is 12.2 Å². The van der Waals surface area contributed by atoms with E-state index in [1.165, 1.54) is 18.2 Å². The summed E-state index contributed by atoms with van der Waals surface area (Å²) in [5, 5.41) is 0. The van der Waals surface area contributed by atoms with E-state index in [0.717, 1.165) is 0 Å². The third-order valence-electron chi connectivity index (χ3n) is 3.14. The van der Waals surface area contributed by atoms with Crippen LogP contribution in [0.4, 0.5) is 8.78 Å². The SMILES string of the molecule is CCOC(C)(CC)C(N)c1c(F)cccc1F. The quantitative estimate of drug-likeness (QED) is 0.862. The zero-order valence-electron chi connectivity index (χ0n) is 10.5. The van der Waals surface area contributed by atoms with Gasteiger partial charge in [0, 0.05) is 12.2 Å². The molecule has 0 aliphatic heterocycles. The van der Waals surface area contributed by atoms with Crippen LogP contribution in [0.3, 0.4) is 0 Å². The third kappa shape index (κ3) is 2.82. The molecule has 0 aromatic heterocycles. The van der Waals surface area contributed by atoms with Crippen molar-refractivity contribution in [2.24, 2.45) is 5.73 Å². The van der Waals surface area contributed by atoms with E-state index in [9.17, 15) is 8.78 Å². The van der Waals surface area contributed by atoms with Crippen molar-refractivity contribution in [1.29, 1.82) is 0 Å². The van der Waals surface area contributed by atoms with E-state index in [0.29, 0.717) is 13.0 Å². The maximum absolute atomic E-state index is 13.6. The van der Waals surface area contributed by atoms with Gasteiger partial charge >= 0.3 is 0 Å². The Morgan fingerprint density at radius 2 is 1.82 bits per heavy atom. The van der Waals surface area contributed by atoms with Crippen LogP contribution in [0, 0.1) is 11.6 Å². The summed E-state index contributed by atoms with van der Waals surface area (Å²) in [5.74, 6) is -1.26. The van der Waals surface area contributed by atoms with Crippen LogP contribution < -0.4 is 5.73 Å². The standard InChI is InChI=1S/C13H19F2NO/c1-4-13(3,17-5-2)12(16)11-9(14)7-6-8-10(11)15/h6-8,12H,4-5,16H2,1-3H3. The molecule has 0 heterocycles. The van der Waals surface area contributed by atoms with E-state index in [1.807, 2.05) is 13.8 Å². The van der Waals surface area contributed by atoms with E-state index >= 15 is 0 Å². The molecular formula is C13H19F2NO. The van der Waals surface area contributed by atoms with Gasteiger partial charge in [0.2, 0.25) is 0 Å². The molecule has 4 heteroatoms. The molecular weight excluding hydrogens is 224 g/mol. The van der Waals surface area contributed by atoms with E-state index < -0.39 is 23.3 Å². The van der Waals surface area contributed by atoms with Crippen LogP contribution in [-0.2, 0) is 4.74 Å². The van der Waals surface area contributed by atoms with Crippen molar-refractivity contribution in [1.82, 2.24) is 0 Å². The molecule has 0 saturated carbocycles. The van der Waals surface area contributed by atoms with Crippen LogP contribution in [0.25, 0.3) is 0 Å². The molecule has 96 valence electrons. The topological polar surface area (TPSA) is 35.2 Å². The van der Waals surface area contributed by atoms with Crippen molar-refractivity contribution in [3.05, 3.63) is 35.4 Å². The Morgan fingerprint density at radius 3 is 2.24 bits per heavy atom. The molecule has 0 bridgehead atoms. The van der Waals surface area contributed by atoms with E-state index in [1.54, 1.807) is 6.92 Å². The fourth-order valence-electron chi connectivity index (χ4n) is 1.85. The molecule has 0 radical (unpaired) electrons. The largest absolute Gasteiger partial charge is 0.374 e. The molecule has 1 rings (SSSR count). The average Bonchev–Trinajstić information content (AvgIpc) is 2.28. The van der Waals surface area contributed by atoms with Crippen molar-refractivity contribution in [3.63, 3.8) is 0 Å². The molecule has 0 saturated heterocycles. The van der Waals surface area contributed by atoms with Gasteiger partial charge in [-0.05, 0) is 32.4 Å². The second-order valence-electron chi connectivity index (χ2n) is 4.21. The highest BCUT2D eigenvalue weighted by molar-refractivity contribution is 5.25. The van der Waals surface area contributed by atoms with E-state index in [-0.39, 0.29) is 5.56 Å². The first kappa shape index (κ1) is 14.1. The molecule has 0 aliphatic carbocycles. The minimum absolute atomic E-state index is 0.106. The minimum atomic E-state index is -0.825. The molecule has 1 aromatic carbocycles. The Labute approximate surface area is 101 Å². The van der Waals surface area contributed by atoms with Gasteiger partial charge in [0.25, 0.3) is 0 Å². The Kier molecular flexibility index (Phi) is 4.60. The number of ether oxygens (including phenoxy) is 1. The van der Waals surface area contributed by atoms with Gasteiger partial charge in [-0.1, -0.05) is 13.0 Å². The van der Waals surface area contributed by atoms with Crippen molar-refractivity contribution >= 4 is 0 Å². The van der Waals surface area contributed by atoms with Crippen molar-refractivity contribution in [2.75, 3.05) is 6.61 Å². The number of halogens is 2. The second kappa shape index (κ2) is 5.56. The number of hydrogen-bond acceptors (Lipinski definition) is 2. The summed E-state index contributed by atoms with van der Waals surface area (Å²) in [6, 6.07) is 2.92. The Balaban J connectivity index is 3.14. The lowest BCUT2D eigenvalue weighted by Gasteiger charge is -2.34. The molecule has 0 amide bonds. The van der Waals surface area contributed by atoms with Crippen LogP contribution in [0.2, 0.25) is 0 Å². The van der Waals surface area contributed by atoms with Gasteiger partial charge in [0.15, 0.2) is 0 Å². The number of benzene rings is 1. The summed E-state index contributed by atoms with van der Waals surface area (Å²) in [6.45, 7) is 5.94. The molecule has 2 nitrogen and oxygen atoms in total. The summed E-state index contributed by atoms with van der Waals surface area (Å²) >= 11 is 0. The third-order valence-corrected chi connectivity index (χ3v) is 3.14. The molecule has 2 N–H and O–H groups in total. The van der Waals surface area contributed by atoms with Crippen LogP contribution >= 0.6 is 0 Å². The predicted molar refractivity (Wildman–Crippen MR) is 63.6 cm³/mol. The lowest BCUT2D eigenvalue weighted by Crippen LogP contribution is -2.41. The van der Waals surface area contributed by atoms with Gasteiger partial charge in [-0.3, -0.25) is 0 Å². The Morgan fingerprint density at radius 1 is 1.29 bits per heavy atom. The zero-order chi connectivity index (χ0) is 13.1. The molecule has 2 unspecified atom stereocenters. The first-order chi connectivity index (χ1) is 7.96. The monoisotopic (exact) mass is 243 g/mol. The molecule has 0 aliphatic rings. The smallest absolute Gasteiger partial charge is 0.131 e. The van der Waals surface area contributed by atoms with Crippen LogP contribution in [0.5, 0.6) is 0 Å². The van der Waals surface area contributed by atoms with Crippen molar-refractivity contribution in [3.8, 4) is 0 Å². The lowest BCUT2D eigenvalue weighted by molar-refractivity contribution is -0.0486. The van der Waals surface area contributed by atoms with Crippen LogP contribution in [0.1, 0.15) is 38.8 Å². The first-order valence-electron chi connectivity index (χ1n) is 5.79. The van der Waals surface area contributed by atoms with Crippen molar-refractivity contribution < 1.29 is 13.5 Å². The summed E-state index contributed by atoms with van der Waals surface area (Å²) < 4.78 is 32.8. The number of rotatable bonds is 5. The second-order valence-corrected chi connectivity index (χ2v) is 4.21. The van der Waals surface area contributed by atoms with Gasteiger partial charge in [-0.2, -0.15) is 0 Å². The fraction of sp³-hybridized carbons (Fsp3) is 0.538. The first-order valence-corrected chi connectivity index (χ1v) is 5.79. The predicted octanol–water partition coefficient (Wildman–Crippen LogP) is 3.17. The fourth-order valence-corrected chi connectivity index (χ4v) is 1.85. The van der Waals surface area contributed by atoms with E-state index in [4.69, 9.17) is 10.5 Å². The summed E-state index contributed by atoms with van der Waals surface area (Å²) in [7, 11) is 0. The van der Waals surface area contributed by atoms with Gasteiger partial charge < -0.3 is 10.5 Å². The summed E-state index contributed by atoms with van der Waals surface area (Å²) in [5.41, 5.74) is 5.09. The number of hydrogen-bond donors (Lipinski definition) is 1. The molecule has 0 spiro atoms.